The van der Waals surface area contributed by atoms with Crippen LogP contribution in [-0.4, -0.2) is 61.2 Å². The minimum absolute atomic E-state index is 0.0558. The summed E-state index contributed by atoms with van der Waals surface area (Å²) >= 11 is 0. The molecule has 7 heteroatoms. The number of methoxy groups -OCH3 is 1. The molecule has 3 N–H and O–H groups in total. The maximum Gasteiger partial charge on any atom is 0.222 e. The molecule has 2 aliphatic heterocycles. The van der Waals surface area contributed by atoms with Gasteiger partial charge >= 0.3 is 0 Å². The van der Waals surface area contributed by atoms with Crippen molar-refractivity contribution in [2.24, 2.45) is 0 Å². The van der Waals surface area contributed by atoms with Crippen molar-refractivity contribution in [2.45, 2.75) is 81.6 Å². The Hall–Kier alpha value is -1.67. The second-order valence-electron chi connectivity index (χ2n) is 8.38. The average Bonchev–Trinajstić information content (AvgIpc) is 3.44. The zero-order valence-corrected chi connectivity index (χ0v) is 17.0. The van der Waals surface area contributed by atoms with E-state index in [0.29, 0.717) is 25.6 Å². The lowest BCUT2D eigenvalue weighted by Crippen LogP contribution is -2.41. The monoisotopic (exact) mass is 404 g/mol. The number of fused-ring (bicyclic) bond motifs is 1. The van der Waals surface area contributed by atoms with E-state index in [1.54, 1.807) is 7.11 Å². The van der Waals surface area contributed by atoms with E-state index in [9.17, 15) is 9.90 Å². The molecule has 0 spiro atoms. The average molecular weight is 405 g/mol. The highest BCUT2D eigenvalue weighted by molar-refractivity contribution is 5.76. The number of ether oxygens (including phenoxy) is 3. The SMILES string of the molecule is COc1ccc(CNC(=O)CC2CC3OC(CNC4CCCC4)C(O)C3O2)cc1. The third-order valence-electron chi connectivity index (χ3n) is 6.30. The number of aliphatic hydroxyl groups excluding tert-OH is 1. The lowest BCUT2D eigenvalue weighted by atomic mass is 10.1. The van der Waals surface area contributed by atoms with Crippen LogP contribution in [0.2, 0.25) is 0 Å². The summed E-state index contributed by atoms with van der Waals surface area (Å²) in [7, 11) is 1.63. The highest BCUT2D eigenvalue weighted by atomic mass is 16.6. The number of carbonyl (C=O) groups is 1. The zero-order chi connectivity index (χ0) is 20.2. The standard InChI is InChI=1S/C22H32N2O5/c1-27-16-8-6-14(7-9-16)12-24-20(25)11-17-10-18-22(28-17)21(26)19(29-18)13-23-15-4-2-3-5-15/h6-9,15,17-19,21-23,26H,2-5,10-13H2,1H3,(H,24,25). The number of rotatable bonds is 8. The fourth-order valence-electron chi connectivity index (χ4n) is 4.64. The number of carbonyl (C=O) groups excluding carboxylic acids is 1. The number of hydrogen-bond donors (Lipinski definition) is 3. The Balaban J connectivity index is 1.18. The van der Waals surface area contributed by atoms with Gasteiger partial charge < -0.3 is 30.0 Å². The molecule has 4 rings (SSSR count). The molecule has 1 amide bonds. The van der Waals surface area contributed by atoms with Crippen LogP contribution >= 0.6 is 0 Å². The smallest absolute Gasteiger partial charge is 0.222 e. The van der Waals surface area contributed by atoms with Gasteiger partial charge in [0.1, 0.15) is 18.0 Å². The Labute approximate surface area is 172 Å². The summed E-state index contributed by atoms with van der Waals surface area (Å²) < 4.78 is 17.1. The van der Waals surface area contributed by atoms with Crippen LogP contribution in [0.3, 0.4) is 0 Å². The fraction of sp³-hybridized carbons (Fsp3) is 0.682. The van der Waals surface area contributed by atoms with Crippen molar-refractivity contribution in [2.75, 3.05) is 13.7 Å². The zero-order valence-electron chi connectivity index (χ0n) is 17.0. The van der Waals surface area contributed by atoms with Crippen LogP contribution in [0.1, 0.15) is 44.1 Å². The van der Waals surface area contributed by atoms with Gasteiger partial charge in [0.15, 0.2) is 0 Å². The summed E-state index contributed by atoms with van der Waals surface area (Å²) in [4.78, 5) is 12.3. The Bertz CT molecular complexity index is 676. The summed E-state index contributed by atoms with van der Waals surface area (Å²) in [5.74, 6) is 0.737. The van der Waals surface area contributed by atoms with Gasteiger partial charge in [0.2, 0.25) is 5.91 Å². The fourth-order valence-corrected chi connectivity index (χ4v) is 4.64. The molecular formula is C22H32N2O5. The molecule has 0 radical (unpaired) electrons. The molecule has 7 nitrogen and oxygen atoms in total. The number of hydrogen-bond acceptors (Lipinski definition) is 6. The normalized spacial score (nSPS) is 31.7. The molecule has 0 aromatic heterocycles. The first-order chi connectivity index (χ1) is 14.1. The Morgan fingerprint density at radius 1 is 1.21 bits per heavy atom. The van der Waals surface area contributed by atoms with Crippen molar-refractivity contribution < 1.29 is 24.1 Å². The van der Waals surface area contributed by atoms with E-state index in [0.717, 1.165) is 11.3 Å². The first-order valence-corrected chi connectivity index (χ1v) is 10.7. The third kappa shape index (κ3) is 5.09. The molecule has 5 unspecified atom stereocenters. The molecule has 1 saturated carbocycles. The Morgan fingerprint density at radius 2 is 1.97 bits per heavy atom. The quantitative estimate of drug-likeness (QED) is 0.609. The van der Waals surface area contributed by atoms with Crippen LogP contribution in [0.25, 0.3) is 0 Å². The molecule has 1 aromatic carbocycles. The number of benzene rings is 1. The van der Waals surface area contributed by atoms with E-state index in [-0.39, 0.29) is 36.7 Å². The molecule has 160 valence electrons. The highest BCUT2D eigenvalue weighted by Gasteiger charge is 2.50. The summed E-state index contributed by atoms with van der Waals surface area (Å²) in [5, 5.41) is 17.0. The van der Waals surface area contributed by atoms with Crippen LogP contribution in [0, 0.1) is 0 Å². The first kappa shape index (κ1) is 20.6. The van der Waals surface area contributed by atoms with Crippen LogP contribution < -0.4 is 15.4 Å². The maximum atomic E-state index is 12.3. The Kier molecular flexibility index (Phi) is 6.70. The first-order valence-electron chi connectivity index (χ1n) is 10.7. The van der Waals surface area contributed by atoms with Gasteiger partial charge in [-0.3, -0.25) is 4.79 Å². The summed E-state index contributed by atoms with van der Waals surface area (Å²) in [6.07, 6.45) is 4.38. The molecule has 2 heterocycles. The van der Waals surface area contributed by atoms with E-state index in [1.807, 2.05) is 24.3 Å². The predicted octanol–water partition coefficient (Wildman–Crippen LogP) is 1.52. The lowest BCUT2D eigenvalue weighted by Gasteiger charge is -2.21. The van der Waals surface area contributed by atoms with Crippen LogP contribution in [0.4, 0.5) is 0 Å². The molecule has 5 atom stereocenters. The van der Waals surface area contributed by atoms with E-state index in [2.05, 4.69) is 10.6 Å². The van der Waals surface area contributed by atoms with Gasteiger partial charge in [0.05, 0.1) is 31.8 Å². The highest BCUT2D eigenvalue weighted by Crippen LogP contribution is 2.35. The molecule has 3 fully saturated rings. The van der Waals surface area contributed by atoms with Crippen molar-refractivity contribution in [3.8, 4) is 5.75 Å². The topological polar surface area (TPSA) is 89.1 Å². The molecule has 29 heavy (non-hydrogen) atoms. The van der Waals surface area contributed by atoms with Gasteiger partial charge in [-0.1, -0.05) is 25.0 Å². The van der Waals surface area contributed by atoms with Crippen molar-refractivity contribution in [3.63, 3.8) is 0 Å². The second-order valence-corrected chi connectivity index (χ2v) is 8.38. The van der Waals surface area contributed by atoms with Crippen molar-refractivity contribution >= 4 is 5.91 Å². The van der Waals surface area contributed by atoms with Gasteiger partial charge in [0.25, 0.3) is 0 Å². The predicted molar refractivity (Wildman–Crippen MR) is 108 cm³/mol. The minimum atomic E-state index is -0.638. The molecule has 1 aliphatic carbocycles. The summed E-state index contributed by atoms with van der Waals surface area (Å²) in [6.45, 7) is 1.13. The van der Waals surface area contributed by atoms with E-state index in [4.69, 9.17) is 14.2 Å². The third-order valence-corrected chi connectivity index (χ3v) is 6.30. The lowest BCUT2D eigenvalue weighted by molar-refractivity contribution is -0.124. The van der Waals surface area contributed by atoms with Gasteiger partial charge in [-0.05, 0) is 30.5 Å². The van der Waals surface area contributed by atoms with Crippen molar-refractivity contribution in [1.29, 1.82) is 0 Å². The summed E-state index contributed by atoms with van der Waals surface area (Å²) in [6, 6.07) is 8.16. The minimum Gasteiger partial charge on any atom is -0.497 e. The van der Waals surface area contributed by atoms with Crippen molar-refractivity contribution in [3.05, 3.63) is 29.8 Å². The molecule has 3 aliphatic rings. The number of aliphatic hydroxyl groups is 1. The van der Waals surface area contributed by atoms with Crippen LogP contribution in [-0.2, 0) is 20.8 Å². The van der Waals surface area contributed by atoms with E-state index >= 15 is 0 Å². The second kappa shape index (κ2) is 9.43. The van der Waals surface area contributed by atoms with Gasteiger partial charge in [0, 0.05) is 25.6 Å². The van der Waals surface area contributed by atoms with Crippen molar-refractivity contribution in [1.82, 2.24) is 10.6 Å². The van der Waals surface area contributed by atoms with Crippen LogP contribution in [0.15, 0.2) is 24.3 Å². The van der Waals surface area contributed by atoms with Gasteiger partial charge in [-0.25, -0.2) is 0 Å². The van der Waals surface area contributed by atoms with Crippen LogP contribution in [0.5, 0.6) is 5.75 Å². The van der Waals surface area contributed by atoms with Gasteiger partial charge in [-0.15, -0.1) is 0 Å². The largest absolute Gasteiger partial charge is 0.497 e. The molecule has 2 saturated heterocycles. The maximum absolute atomic E-state index is 12.3. The molecule has 1 aromatic rings. The molecular weight excluding hydrogens is 372 g/mol. The Morgan fingerprint density at radius 3 is 2.66 bits per heavy atom. The van der Waals surface area contributed by atoms with E-state index in [1.165, 1.54) is 25.7 Å². The summed E-state index contributed by atoms with van der Waals surface area (Å²) in [5.41, 5.74) is 1.01. The molecule has 0 bridgehead atoms. The number of amides is 1. The van der Waals surface area contributed by atoms with Gasteiger partial charge in [-0.2, -0.15) is 0 Å². The number of nitrogens with one attached hydrogen (secondary N) is 2. The van der Waals surface area contributed by atoms with E-state index < -0.39 is 6.10 Å².